The maximum Gasteiger partial charge on any atom is 0.338 e. The molecule has 0 aromatic heterocycles. The van der Waals surface area contributed by atoms with E-state index in [2.05, 4.69) is 12.2 Å². The zero-order valence-electron chi connectivity index (χ0n) is 10.3. The van der Waals surface area contributed by atoms with E-state index < -0.39 is 23.2 Å². The Morgan fingerprint density at radius 2 is 2.00 bits per heavy atom. The van der Waals surface area contributed by atoms with Gasteiger partial charge in [0.15, 0.2) is 0 Å². The lowest BCUT2D eigenvalue weighted by Crippen LogP contribution is -2.25. The van der Waals surface area contributed by atoms with Crippen molar-refractivity contribution in [1.29, 1.82) is 0 Å². The molecule has 0 spiro atoms. The van der Waals surface area contributed by atoms with Crippen molar-refractivity contribution in [3.8, 4) is 0 Å². The van der Waals surface area contributed by atoms with Crippen molar-refractivity contribution in [3.63, 3.8) is 0 Å². The lowest BCUT2D eigenvalue weighted by molar-refractivity contribution is 0.0692. The van der Waals surface area contributed by atoms with E-state index in [9.17, 15) is 13.6 Å². The van der Waals surface area contributed by atoms with Gasteiger partial charge in [0.1, 0.15) is 11.6 Å². The number of nitrogens with one attached hydrogen (secondary N) is 1. The van der Waals surface area contributed by atoms with E-state index >= 15 is 0 Å². The fourth-order valence-electron chi connectivity index (χ4n) is 1.86. The molecule has 0 aliphatic heterocycles. The van der Waals surface area contributed by atoms with Gasteiger partial charge in [0.2, 0.25) is 0 Å². The van der Waals surface area contributed by atoms with Gasteiger partial charge >= 0.3 is 5.97 Å². The molecule has 1 saturated carbocycles. The van der Waals surface area contributed by atoms with Crippen molar-refractivity contribution in [2.75, 3.05) is 5.32 Å². The molecular formula is C13H15F2NO2. The summed E-state index contributed by atoms with van der Waals surface area (Å²) >= 11 is 0. The smallest absolute Gasteiger partial charge is 0.338 e. The standard InChI is InChI=1S/C13H15F2NO2/c1-7(13(2)3-4-13)16-11-5-8(12(17)18)9(14)6-10(11)15/h5-7,16H,3-4H2,1-2H3,(H,17,18). The largest absolute Gasteiger partial charge is 0.478 e. The predicted molar refractivity (Wildman–Crippen MR) is 63.7 cm³/mol. The Balaban J connectivity index is 2.27. The number of carboxylic acid groups (broad SMARTS) is 1. The molecule has 1 unspecified atom stereocenters. The molecule has 0 saturated heterocycles. The maximum absolute atomic E-state index is 13.6. The minimum atomic E-state index is -1.40. The molecular weight excluding hydrogens is 240 g/mol. The molecule has 0 radical (unpaired) electrons. The lowest BCUT2D eigenvalue weighted by Gasteiger charge is -2.22. The SMILES string of the molecule is CC(Nc1cc(C(=O)O)c(F)cc1F)C1(C)CC1. The number of benzene rings is 1. The zero-order chi connectivity index (χ0) is 13.5. The van der Waals surface area contributed by atoms with Crippen LogP contribution in [0.5, 0.6) is 0 Å². The van der Waals surface area contributed by atoms with Crippen molar-refractivity contribution in [1.82, 2.24) is 0 Å². The summed E-state index contributed by atoms with van der Waals surface area (Å²) in [5, 5.41) is 11.7. The normalized spacial score (nSPS) is 18.2. The highest BCUT2D eigenvalue weighted by Gasteiger charge is 2.42. The first kappa shape index (κ1) is 12.8. The Kier molecular flexibility index (Phi) is 3.00. The molecule has 0 amide bonds. The van der Waals surface area contributed by atoms with E-state index in [1.807, 2.05) is 6.92 Å². The summed E-state index contributed by atoms with van der Waals surface area (Å²) in [6.45, 7) is 3.99. The Labute approximate surface area is 104 Å². The fourth-order valence-corrected chi connectivity index (χ4v) is 1.86. The quantitative estimate of drug-likeness (QED) is 0.868. The lowest BCUT2D eigenvalue weighted by atomic mass is 10.0. The zero-order valence-corrected chi connectivity index (χ0v) is 10.3. The average molecular weight is 255 g/mol. The molecule has 18 heavy (non-hydrogen) atoms. The van der Waals surface area contributed by atoms with Crippen molar-refractivity contribution >= 4 is 11.7 Å². The number of hydrogen-bond donors (Lipinski definition) is 2. The maximum atomic E-state index is 13.6. The molecule has 3 nitrogen and oxygen atoms in total. The molecule has 2 N–H and O–H groups in total. The number of carbonyl (C=O) groups is 1. The Hall–Kier alpha value is -1.65. The summed E-state index contributed by atoms with van der Waals surface area (Å²) < 4.78 is 26.8. The van der Waals surface area contributed by atoms with Gasteiger partial charge in [-0.25, -0.2) is 13.6 Å². The Morgan fingerprint density at radius 1 is 1.39 bits per heavy atom. The number of aromatic carboxylic acids is 1. The van der Waals surface area contributed by atoms with Gasteiger partial charge in [-0.3, -0.25) is 0 Å². The monoisotopic (exact) mass is 255 g/mol. The molecule has 5 heteroatoms. The predicted octanol–water partition coefficient (Wildman–Crippen LogP) is 3.26. The summed E-state index contributed by atoms with van der Waals surface area (Å²) in [5.41, 5.74) is -0.369. The highest BCUT2D eigenvalue weighted by atomic mass is 19.1. The third kappa shape index (κ3) is 2.30. The number of halogens is 2. The van der Waals surface area contributed by atoms with Gasteiger partial charge in [0.05, 0.1) is 11.3 Å². The van der Waals surface area contributed by atoms with Crippen LogP contribution < -0.4 is 5.32 Å². The van der Waals surface area contributed by atoms with Crippen LogP contribution in [0.4, 0.5) is 14.5 Å². The Morgan fingerprint density at radius 3 is 2.50 bits per heavy atom. The molecule has 2 rings (SSSR count). The number of rotatable bonds is 4. The molecule has 1 atom stereocenters. The highest BCUT2D eigenvalue weighted by molar-refractivity contribution is 5.89. The van der Waals surface area contributed by atoms with Crippen LogP contribution in [0.15, 0.2) is 12.1 Å². The molecule has 0 bridgehead atoms. The summed E-state index contributed by atoms with van der Waals surface area (Å²) in [7, 11) is 0. The van der Waals surface area contributed by atoms with Crippen molar-refractivity contribution < 1.29 is 18.7 Å². The van der Waals surface area contributed by atoms with Crippen molar-refractivity contribution in [2.45, 2.75) is 32.7 Å². The first-order valence-electron chi connectivity index (χ1n) is 5.82. The topological polar surface area (TPSA) is 49.3 Å². The van der Waals surface area contributed by atoms with Gasteiger partial charge in [0.25, 0.3) is 0 Å². The number of hydrogen-bond acceptors (Lipinski definition) is 2. The summed E-state index contributed by atoms with van der Waals surface area (Å²) in [5.74, 6) is -3.23. The molecule has 98 valence electrons. The van der Waals surface area contributed by atoms with E-state index in [-0.39, 0.29) is 17.1 Å². The van der Waals surface area contributed by atoms with Crippen LogP contribution in [0.2, 0.25) is 0 Å². The molecule has 1 aliphatic carbocycles. The first-order chi connectivity index (χ1) is 8.33. The minimum absolute atomic E-state index is 0.0131. The van der Waals surface area contributed by atoms with E-state index in [1.165, 1.54) is 0 Å². The minimum Gasteiger partial charge on any atom is -0.478 e. The highest BCUT2D eigenvalue weighted by Crippen LogP contribution is 2.48. The van der Waals surface area contributed by atoms with Crippen LogP contribution in [0.25, 0.3) is 0 Å². The van der Waals surface area contributed by atoms with Gasteiger partial charge < -0.3 is 10.4 Å². The molecule has 1 aliphatic rings. The molecule has 1 fully saturated rings. The van der Waals surface area contributed by atoms with Crippen LogP contribution in [-0.4, -0.2) is 17.1 Å². The van der Waals surface area contributed by atoms with Gasteiger partial charge in [0, 0.05) is 12.1 Å². The van der Waals surface area contributed by atoms with E-state index in [0.29, 0.717) is 6.07 Å². The molecule has 0 heterocycles. The fraction of sp³-hybridized carbons (Fsp3) is 0.462. The summed E-state index contributed by atoms with van der Waals surface area (Å²) in [6.07, 6.45) is 2.10. The second-order valence-electron chi connectivity index (χ2n) is 5.14. The third-order valence-corrected chi connectivity index (χ3v) is 3.74. The number of carboxylic acids is 1. The first-order valence-corrected chi connectivity index (χ1v) is 5.82. The molecule has 1 aromatic carbocycles. The van der Waals surface area contributed by atoms with Crippen LogP contribution in [0.3, 0.4) is 0 Å². The van der Waals surface area contributed by atoms with Crippen LogP contribution in [0.1, 0.15) is 37.0 Å². The second kappa shape index (κ2) is 4.23. The van der Waals surface area contributed by atoms with Crippen LogP contribution >= 0.6 is 0 Å². The van der Waals surface area contributed by atoms with Gasteiger partial charge in [-0.15, -0.1) is 0 Å². The second-order valence-corrected chi connectivity index (χ2v) is 5.14. The number of anilines is 1. The van der Waals surface area contributed by atoms with Crippen molar-refractivity contribution in [3.05, 3.63) is 29.3 Å². The summed E-state index contributed by atoms with van der Waals surface area (Å²) in [6, 6.07) is 1.63. The van der Waals surface area contributed by atoms with Crippen LogP contribution in [0, 0.1) is 17.0 Å². The van der Waals surface area contributed by atoms with Gasteiger partial charge in [-0.05, 0) is 31.2 Å². The summed E-state index contributed by atoms with van der Waals surface area (Å²) in [4.78, 5) is 10.8. The Bertz CT molecular complexity index is 498. The van der Waals surface area contributed by atoms with Crippen molar-refractivity contribution in [2.24, 2.45) is 5.41 Å². The van der Waals surface area contributed by atoms with Gasteiger partial charge in [-0.1, -0.05) is 6.92 Å². The van der Waals surface area contributed by atoms with Gasteiger partial charge in [-0.2, -0.15) is 0 Å². The molecule has 1 aromatic rings. The van der Waals surface area contributed by atoms with E-state index in [1.54, 1.807) is 0 Å². The van der Waals surface area contributed by atoms with Crippen LogP contribution in [-0.2, 0) is 0 Å². The third-order valence-electron chi connectivity index (χ3n) is 3.74. The average Bonchev–Trinajstić information content (AvgIpc) is 3.01. The van der Waals surface area contributed by atoms with E-state index in [0.717, 1.165) is 18.9 Å². The van der Waals surface area contributed by atoms with E-state index in [4.69, 9.17) is 5.11 Å².